The van der Waals surface area contributed by atoms with E-state index in [0.29, 0.717) is 5.56 Å². The zero-order valence-electron chi connectivity index (χ0n) is 12.6. The molecule has 2 N–H and O–H groups in total. The Morgan fingerprint density at radius 2 is 2.17 bits per heavy atom. The van der Waals surface area contributed by atoms with Crippen molar-refractivity contribution in [1.82, 2.24) is 0 Å². The van der Waals surface area contributed by atoms with E-state index < -0.39 is 11.9 Å². The van der Waals surface area contributed by atoms with Gasteiger partial charge in [-0.25, -0.2) is 4.79 Å². The van der Waals surface area contributed by atoms with Crippen LogP contribution in [0.2, 0.25) is 10.0 Å². The van der Waals surface area contributed by atoms with Crippen molar-refractivity contribution in [2.75, 3.05) is 12.5 Å². The number of carbonyl (C=O) groups is 1. The molecule has 1 aliphatic rings. The van der Waals surface area contributed by atoms with Crippen LogP contribution in [0.5, 0.6) is 0 Å². The van der Waals surface area contributed by atoms with Crippen LogP contribution in [0.1, 0.15) is 18.4 Å². The van der Waals surface area contributed by atoms with E-state index in [0.717, 1.165) is 0 Å². The second-order valence-electron chi connectivity index (χ2n) is 4.76. The fourth-order valence-electron chi connectivity index (χ4n) is 2.40. The summed E-state index contributed by atoms with van der Waals surface area (Å²) in [4.78, 5) is 12.4. The van der Waals surface area contributed by atoms with E-state index in [1.165, 1.54) is 0 Å². The fourth-order valence-corrected chi connectivity index (χ4v) is 3.02. The highest BCUT2D eigenvalue weighted by molar-refractivity contribution is 6.42. The third-order valence-electron chi connectivity index (χ3n) is 3.41. The number of nitriles is 1. The van der Waals surface area contributed by atoms with E-state index in [4.69, 9.17) is 50.0 Å². The first-order valence-corrected chi connectivity index (χ1v) is 8.22. The molecule has 24 heavy (non-hydrogen) atoms. The number of hydrogen-bond donors (Lipinski definition) is 1. The lowest BCUT2D eigenvalue weighted by molar-refractivity contribution is -0.139. The summed E-state index contributed by atoms with van der Waals surface area (Å²) in [6.45, 7) is 1.81. The average Bonchev–Trinajstić information content (AvgIpc) is 2.56. The highest BCUT2D eigenvalue weighted by Crippen LogP contribution is 2.43. The Bertz CT molecular complexity index is 781. The number of halogens is 3. The van der Waals surface area contributed by atoms with Gasteiger partial charge in [-0.2, -0.15) is 5.26 Å². The predicted molar refractivity (Wildman–Crippen MR) is 91.5 cm³/mol. The minimum Gasteiger partial charge on any atom is -0.463 e. The number of benzene rings is 1. The predicted octanol–water partition coefficient (Wildman–Crippen LogP) is 3.86. The third-order valence-corrected chi connectivity index (χ3v) is 4.48. The molecular weight excluding hydrogens is 375 g/mol. The van der Waals surface area contributed by atoms with Gasteiger partial charge >= 0.3 is 5.97 Å². The lowest BCUT2D eigenvalue weighted by atomic mass is 9.83. The molecular formula is C16H13Cl3N2O3. The van der Waals surface area contributed by atoms with Crippen LogP contribution in [0.3, 0.4) is 0 Å². The molecule has 0 radical (unpaired) electrons. The first kappa shape index (κ1) is 18.5. The molecule has 0 spiro atoms. The average molecular weight is 388 g/mol. The smallest absolute Gasteiger partial charge is 0.338 e. The third kappa shape index (κ3) is 3.32. The maximum Gasteiger partial charge on any atom is 0.338 e. The van der Waals surface area contributed by atoms with E-state index in [2.05, 4.69) is 0 Å². The van der Waals surface area contributed by atoms with Crippen LogP contribution in [0, 0.1) is 11.3 Å². The molecule has 1 aliphatic heterocycles. The van der Waals surface area contributed by atoms with E-state index in [9.17, 15) is 10.1 Å². The van der Waals surface area contributed by atoms with Crippen molar-refractivity contribution in [3.63, 3.8) is 0 Å². The van der Waals surface area contributed by atoms with Gasteiger partial charge in [-0.1, -0.05) is 35.3 Å². The number of carbonyl (C=O) groups excluding carboxylic acids is 1. The van der Waals surface area contributed by atoms with Gasteiger partial charge in [0.1, 0.15) is 17.4 Å². The number of ether oxygens (including phenoxy) is 2. The van der Waals surface area contributed by atoms with Gasteiger partial charge in [0, 0.05) is 0 Å². The van der Waals surface area contributed by atoms with Crippen LogP contribution in [0.15, 0.2) is 41.0 Å². The molecule has 1 aromatic carbocycles. The molecule has 5 nitrogen and oxygen atoms in total. The number of hydrogen-bond acceptors (Lipinski definition) is 5. The van der Waals surface area contributed by atoms with Gasteiger partial charge in [-0.05, 0) is 18.6 Å². The molecule has 0 bridgehead atoms. The second-order valence-corrected chi connectivity index (χ2v) is 5.81. The van der Waals surface area contributed by atoms with Crippen molar-refractivity contribution < 1.29 is 14.3 Å². The van der Waals surface area contributed by atoms with Crippen LogP contribution >= 0.6 is 34.8 Å². The van der Waals surface area contributed by atoms with Gasteiger partial charge in [0.2, 0.25) is 5.88 Å². The summed E-state index contributed by atoms with van der Waals surface area (Å²) in [7, 11) is 0. The van der Waals surface area contributed by atoms with Gasteiger partial charge in [0.25, 0.3) is 0 Å². The maximum atomic E-state index is 12.4. The quantitative estimate of drug-likeness (QED) is 0.626. The Morgan fingerprint density at radius 3 is 2.75 bits per heavy atom. The largest absolute Gasteiger partial charge is 0.463 e. The number of nitrogens with two attached hydrogens (primary N) is 1. The molecule has 0 unspecified atom stereocenters. The summed E-state index contributed by atoms with van der Waals surface area (Å²) in [5.41, 5.74) is 6.39. The Balaban J connectivity index is 2.73. The number of rotatable bonds is 4. The normalized spacial score (nSPS) is 17.4. The SMILES string of the molecule is CCOC(=O)C1=C(CCl)OC(N)=C(C#N)[C@H]1c1cccc(Cl)c1Cl. The molecule has 126 valence electrons. The van der Waals surface area contributed by atoms with Crippen molar-refractivity contribution in [1.29, 1.82) is 5.26 Å². The molecule has 0 aromatic heterocycles. The number of esters is 1. The summed E-state index contributed by atoms with van der Waals surface area (Å²) < 4.78 is 10.4. The summed E-state index contributed by atoms with van der Waals surface area (Å²) in [5, 5.41) is 9.99. The molecule has 8 heteroatoms. The van der Waals surface area contributed by atoms with Crippen molar-refractivity contribution in [2.24, 2.45) is 5.73 Å². The molecule has 0 fully saturated rings. The highest BCUT2D eigenvalue weighted by atomic mass is 35.5. The van der Waals surface area contributed by atoms with Crippen molar-refractivity contribution in [2.45, 2.75) is 12.8 Å². The standard InChI is InChI=1S/C16H13Cl3N2O3/c1-2-23-16(22)13-11(6-17)24-15(21)9(7-20)12(13)8-4-3-5-10(18)14(8)19/h3-5,12H,2,6,21H2,1H3/t12-/m1/s1. The lowest BCUT2D eigenvalue weighted by Crippen LogP contribution is -2.27. The molecule has 0 aliphatic carbocycles. The van der Waals surface area contributed by atoms with Gasteiger partial charge in [0.15, 0.2) is 0 Å². The summed E-state index contributed by atoms with van der Waals surface area (Å²) in [6, 6.07) is 6.88. The lowest BCUT2D eigenvalue weighted by Gasteiger charge is -2.28. The first-order chi connectivity index (χ1) is 11.5. The minimum absolute atomic E-state index is 0.0380. The molecule has 1 atom stereocenters. The van der Waals surface area contributed by atoms with Crippen LogP contribution in [-0.4, -0.2) is 18.5 Å². The van der Waals surface area contributed by atoms with Gasteiger partial charge in [-0.15, -0.1) is 11.6 Å². The van der Waals surface area contributed by atoms with E-state index in [1.54, 1.807) is 25.1 Å². The maximum absolute atomic E-state index is 12.4. The summed E-state index contributed by atoms with van der Waals surface area (Å²) in [5.74, 6) is -1.67. The fraction of sp³-hybridized carbons (Fsp3) is 0.250. The molecule has 1 heterocycles. The van der Waals surface area contributed by atoms with Crippen molar-refractivity contribution in [3.05, 3.63) is 56.6 Å². The van der Waals surface area contributed by atoms with Crippen LogP contribution in [0.25, 0.3) is 0 Å². The molecule has 2 rings (SSSR count). The van der Waals surface area contributed by atoms with Crippen LogP contribution < -0.4 is 5.73 Å². The van der Waals surface area contributed by atoms with Crippen LogP contribution in [-0.2, 0) is 14.3 Å². The minimum atomic E-state index is -0.872. The van der Waals surface area contributed by atoms with E-state index in [1.807, 2.05) is 6.07 Å². The molecule has 0 saturated carbocycles. The Labute approximate surface area is 154 Å². The number of allylic oxidation sites excluding steroid dienone is 2. The van der Waals surface area contributed by atoms with E-state index >= 15 is 0 Å². The molecule has 0 saturated heterocycles. The van der Waals surface area contributed by atoms with Gasteiger partial charge in [0.05, 0.1) is 34.0 Å². The number of alkyl halides is 1. The van der Waals surface area contributed by atoms with Crippen molar-refractivity contribution >= 4 is 40.8 Å². The Kier molecular flexibility index (Phi) is 6.00. The second kappa shape index (κ2) is 7.80. The molecule has 1 aromatic rings. The number of nitrogens with zero attached hydrogens (tertiary/aromatic N) is 1. The Morgan fingerprint density at radius 1 is 1.46 bits per heavy atom. The summed E-state index contributed by atoms with van der Waals surface area (Å²) >= 11 is 18.2. The summed E-state index contributed by atoms with van der Waals surface area (Å²) in [6.07, 6.45) is 0. The zero-order chi connectivity index (χ0) is 17.9. The topological polar surface area (TPSA) is 85.3 Å². The first-order valence-electron chi connectivity index (χ1n) is 6.93. The zero-order valence-corrected chi connectivity index (χ0v) is 14.9. The Hall–Kier alpha value is -1.87. The molecule has 0 amide bonds. The monoisotopic (exact) mass is 386 g/mol. The van der Waals surface area contributed by atoms with Gasteiger partial charge < -0.3 is 15.2 Å². The van der Waals surface area contributed by atoms with Gasteiger partial charge in [-0.3, -0.25) is 0 Å². The van der Waals surface area contributed by atoms with Crippen molar-refractivity contribution in [3.8, 4) is 6.07 Å². The van der Waals surface area contributed by atoms with E-state index in [-0.39, 0.29) is 45.3 Å². The highest BCUT2D eigenvalue weighted by Gasteiger charge is 2.38. The van der Waals surface area contributed by atoms with Crippen LogP contribution in [0.4, 0.5) is 0 Å².